The standard InChI is InChI=1S/C23H21BrN4O3.C22H19BrN4O3S.2C22H19ClN4O3/c1-13(2)16-10-5-6-11-17(16)28-20(18(24)19(26-28)23(29)30-4)22-25-21(27-31-22)15-9-7-8-14(3)12-15;1-13-7-6-9-15(11-13)20-24-21(30-26-20)19-17(23)18(22(28)29-12-31-3)25-27(19)16-10-5-4-8-14(16)2;1-12(2)15-9-4-5-10-16(15)27-19(17(23)18(25-27)22(28)29)21-24-20(26-30-21)14-8-6-7-13(3)11-14;1-4-29-22(28)18-17(23)19(27(25-18)16-11-6-5-9-14(16)3)21-24-20(26-30-21)15-10-7-8-13(2)12-15/h5-13H,1-4H3;4-11H,12H2,1-3H3;4-12H,1-3H3,(H,28,29);5-12H,4H2,1-3H3. The molecule has 0 spiro atoms. The van der Waals surface area contributed by atoms with Gasteiger partial charge in [0.25, 0.3) is 23.6 Å². The first-order valence-corrected chi connectivity index (χ1v) is 41.7. The molecule has 8 aromatic carbocycles. The van der Waals surface area contributed by atoms with Gasteiger partial charge in [-0.2, -0.15) is 40.3 Å². The third-order valence-electron chi connectivity index (χ3n) is 18.7. The van der Waals surface area contributed by atoms with Crippen LogP contribution in [-0.4, -0.2) is 135 Å². The van der Waals surface area contributed by atoms with Crippen molar-refractivity contribution in [1.29, 1.82) is 0 Å². The molecule has 8 aromatic heterocycles. The molecule has 33 heteroatoms. The van der Waals surface area contributed by atoms with Crippen LogP contribution in [0.2, 0.25) is 10.0 Å². The van der Waals surface area contributed by atoms with E-state index >= 15 is 0 Å². The molecular formula is C89H78Br2Cl2N16O12S. The molecule has 122 heavy (non-hydrogen) atoms. The zero-order chi connectivity index (χ0) is 86.7. The van der Waals surface area contributed by atoms with Crippen molar-refractivity contribution in [2.75, 3.05) is 25.9 Å². The number of carbonyl (C=O) groups is 4. The molecule has 1 N–H and O–H groups in total. The summed E-state index contributed by atoms with van der Waals surface area (Å²) in [7, 11) is 1.32. The van der Waals surface area contributed by atoms with Crippen LogP contribution in [-0.2, 0) is 14.2 Å². The molecule has 0 aliphatic carbocycles. The Morgan fingerprint density at radius 3 is 1.08 bits per heavy atom. The number of aromatic carboxylic acids is 1. The number of esters is 3. The number of nitrogens with zero attached hydrogens (tertiary/aromatic N) is 16. The van der Waals surface area contributed by atoms with E-state index in [-0.39, 0.29) is 86.5 Å². The minimum absolute atomic E-state index is 0.00734. The molecular weight excluding hydrogens is 1750 g/mol. The van der Waals surface area contributed by atoms with Crippen molar-refractivity contribution in [3.05, 3.63) is 280 Å². The van der Waals surface area contributed by atoms with Crippen LogP contribution in [0.15, 0.2) is 221 Å². The molecule has 16 rings (SSSR count). The second-order valence-corrected chi connectivity index (χ2v) is 31.4. The fourth-order valence-electron chi connectivity index (χ4n) is 12.9. The molecule has 0 amide bonds. The molecule has 0 saturated heterocycles. The first-order chi connectivity index (χ1) is 58.7. The number of carboxylic acids is 1. The van der Waals surface area contributed by atoms with Crippen LogP contribution in [0, 0.1) is 41.5 Å². The molecule has 0 unspecified atom stereocenters. The number of carboxylic acid groups (broad SMARTS) is 1. The van der Waals surface area contributed by atoms with Crippen molar-refractivity contribution in [2.45, 2.75) is 88.0 Å². The predicted octanol–water partition coefficient (Wildman–Crippen LogP) is 21.4. The number of halogens is 4. The molecule has 0 radical (unpaired) electrons. The maximum atomic E-state index is 12.6. The average Bonchev–Trinajstić information content (AvgIpc) is 1.64. The first kappa shape index (κ1) is 86.8. The number of rotatable bonds is 21. The van der Waals surface area contributed by atoms with Crippen LogP contribution in [0.25, 0.3) is 115 Å². The molecule has 16 aromatic rings. The Hall–Kier alpha value is -13.1. The minimum Gasteiger partial charge on any atom is -0.476 e. The molecule has 0 atom stereocenters. The summed E-state index contributed by atoms with van der Waals surface area (Å²) in [4.78, 5) is 67.2. The highest BCUT2D eigenvalue weighted by atomic mass is 79.9. The molecule has 0 aliphatic rings. The van der Waals surface area contributed by atoms with Crippen LogP contribution in [0.1, 0.15) is 133 Å². The third-order valence-corrected chi connectivity index (χ3v) is 21.3. The Balaban J connectivity index is 0.000000140. The van der Waals surface area contributed by atoms with Gasteiger partial charge in [0, 0.05) is 22.3 Å². The molecule has 0 aliphatic heterocycles. The monoisotopic (exact) mass is 1820 g/mol. The second kappa shape index (κ2) is 38.5. The SMILES string of the molecule is CCOC(=O)c1nn(-c2ccccc2C)c(-c2nc(-c3cccc(C)c3)no2)c1Cl.COC(=O)c1nn(-c2ccccc2C(C)C)c(-c2nc(-c3cccc(C)c3)no2)c1Br.CSCOC(=O)c1nn(-c2ccccc2C)c(-c2nc(-c3cccc(C)c3)no2)c1Br.Cc1cccc(-c2noc(-c3c(Cl)c(C(=O)O)nn3-c3ccccc3C(C)C)n2)c1. The summed E-state index contributed by atoms with van der Waals surface area (Å²) in [6.45, 7) is 22.1. The highest BCUT2D eigenvalue weighted by Gasteiger charge is 2.34. The lowest BCUT2D eigenvalue weighted by molar-refractivity contribution is 0.0516. The fraction of sp³-hybridized carbons (Fsp3) is 0.191. The van der Waals surface area contributed by atoms with Crippen molar-refractivity contribution < 1.29 is 56.6 Å². The van der Waals surface area contributed by atoms with E-state index in [1.807, 2.05) is 256 Å². The largest absolute Gasteiger partial charge is 0.476 e. The Morgan fingerprint density at radius 1 is 0.418 bits per heavy atom. The van der Waals surface area contributed by atoms with Gasteiger partial charge in [0.15, 0.2) is 34.2 Å². The van der Waals surface area contributed by atoms with Crippen molar-refractivity contribution >= 4 is 90.7 Å². The van der Waals surface area contributed by atoms with E-state index in [0.717, 1.165) is 83.8 Å². The van der Waals surface area contributed by atoms with E-state index in [2.05, 4.69) is 107 Å². The summed E-state index contributed by atoms with van der Waals surface area (Å²) in [6.07, 6.45) is 1.85. The van der Waals surface area contributed by atoms with Gasteiger partial charge < -0.3 is 37.4 Å². The number of hydrogen-bond donors (Lipinski definition) is 1. The molecule has 620 valence electrons. The van der Waals surface area contributed by atoms with Gasteiger partial charge >= 0.3 is 23.9 Å². The van der Waals surface area contributed by atoms with Crippen molar-refractivity contribution in [2.24, 2.45) is 0 Å². The molecule has 0 saturated carbocycles. The van der Waals surface area contributed by atoms with Crippen LogP contribution >= 0.6 is 66.8 Å². The highest BCUT2D eigenvalue weighted by Crippen LogP contribution is 2.41. The summed E-state index contributed by atoms with van der Waals surface area (Å²) >= 11 is 21.4. The quantitative estimate of drug-likeness (QED) is 0.0397. The van der Waals surface area contributed by atoms with E-state index in [1.54, 1.807) is 16.3 Å². The van der Waals surface area contributed by atoms with Crippen molar-refractivity contribution in [3.63, 3.8) is 0 Å². The lowest BCUT2D eigenvalue weighted by atomic mass is 10.0. The van der Waals surface area contributed by atoms with Crippen molar-refractivity contribution in [1.82, 2.24) is 79.7 Å². The number of aryl methyl sites for hydroxylation is 6. The Morgan fingerprint density at radius 2 is 0.730 bits per heavy atom. The number of ether oxygens (including phenoxy) is 3. The van der Waals surface area contributed by atoms with Gasteiger partial charge in [-0.05, 0) is 169 Å². The zero-order valence-electron chi connectivity index (χ0n) is 68.1. The Labute approximate surface area is 730 Å². The van der Waals surface area contributed by atoms with E-state index in [1.165, 1.54) is 28.2 Å². The smallest absolute Gasteiger partial charge is 0.360 e. The first-order valence-electron chi connectivity index (χ1n) is 38.0. The van der Waals surface area contributed by atoms with Crippen LogP contribution in [0.5, 0.6) is 0 Å². The number of aromatic nitrogens is 16. The second-order valence-electron chi connectivity index (χ2n) is 28.2. The number of thioether (sulfide) groups is 1. The Bertz CT molecular complexity index is 6540. The van der Waals surface area contributed by atoms with Gasteiger partial charge in [0.1, 0.15) is 27.4 Å². The number of carbonyl (C=O) groups excluding carboxylic acids is 3. The van der Waals surface area contributed by atoms with E-state index in [9.17, 15) is 24.3 Å². The molecule has 0 bridgehead atoms. The molecule has 0 fully saturated rings. The minimum atomic E-state index is -1.24. The van der Waals surface area contributed by atoms with Gasteiger partial charge in [-0.15, -0.1) is 11.8 Å². The van der Waals surface area contributed by atoms with E-state index in [4.69, 9.17) is 55.5 Å². The molecule has 28 nitrogen and oxygen atoms in total. The normalized spacial score (nSPS) is 11.1. The number of methoxy groups -OCH3 is 1. The summed E-state index contributed by atoms with van der Waals surface area (Å²) < 4.78 is 44.6. The Kier molecular flexibility index (Phi) is 27.4. The number of para-hydroxylation sites is 4. The van der Waals surface area contributed by atoms with Gasteiger partial charge in [-0.25, -0.2) is 37.9 Å². The van der Waals surface area contributed by atoms with Crippen LogP contribution in [0.3, 0.4) is 0 Å². The van der Waals surface area contributed by atoms with Gasteiger partial charge in [-0.1, -0.05) is 239 Å². The zero-order valence-corrected chi connectivity index (χ0v) is 73.6. The van der Waals surface area contributed by atoms with E-state index in [0.29, 0.717) is 55.0 Å². The maximum Gasteiger partial charge on any atom is 0.360 e. The summed E-state index contributed by atoms with van der Waals surface area (Å²) in [5.74, 6) is 0.128. The van der Waals surface area contributed by atoms with Gasteiger partial charge in [-0.3, -0.25) is 0 Å². The molecule has 8 heterocycles. The third kappa shape index (κ3) is 18.9. The number of hydrogen-bond acceptors (Lipinski definition) is 24. The summed E-state index contributed by atoms with van der Waals surface area (Å²) in [5, 5.41) is 43.8. The maximum absolute atomic E-state index is 12.6. The van der Waals surface area contributed by atoms with Gasteiger partial charge in [0.05, 0.1) is 45.4 Å². The van der Waals surface area contributed by atoms with Crippen LogP contribution in [0.4, 0.5) is 0 Å². The topological polar surface area (TPSA) is 343 Å². The highest BCUT2D eigenvalue weighted by molar-refractivity contribution is 9.11. The summed E-state index contributed by atoms with van der Waals surface area (Å²) in [6, 6.07) is 61.9. The van der Waals surface area contributed by atoms with Gasteiger partial charge in [0.2, 0.25) is 23.3 Å². The number of benzene rings is 8. The lowest BCUT2D eigenvalue weighted by Crippen LogP contribution is -2.07. The van der Waals surface area contributed by atoms with Crippen LogP contribution < -0.4 is 0 Å². The van der Waals surface area contributed by atoms with E-state index < -0.39 is 23.9 Å². The average molecular weight is 1830 g/mol. The van der Waals surface area contributed by atoms with Crippen molar-refractivity contribution in [3.8, 4) is 115 Å². The lowest BCUT2D eigenvalue weighted by Gasteiger charge is -2.13. The predicted molar refractivity (Wildman–Crippen MR) is 469 cm³/mol. The summed E-state index contributed by atoms with van der Waals surface area (Å²) in [5.41, 5.74) is 16.1. The fourth-order valence-corrected chi connectivity index (χ4v) is 14.8.